The molecule has 2 aromatic carbocycles. The quantitative estimate of drug-likeness (QED) is 0.145. The molecule has 2 heterocycles. The van der Waals surface area contributed by atoms with Gasteiger partial charge >= 0.3 is 0 Å². The molecule has 0 saturated carbocycles. The van der Waals surface area contributed by atoms with Crippen molar-refractivity contribution in [3.05, 3.63) is 82.6 Å². The summed E-state index contributed by atoms with van der Waals surface area (Å²) in [5, 5.41) is 14.7. The van der Waals surface area contributed by atoms with E-state index >= 15 is 0 Å². The van der Waals surface area contributed by atoms with Gasteiger partial charge in [0, 0.05) is 29.4 Å². The molecule has 0 atom stereocenters. The Morgan fingerprint density at radius 1 is 1.05 bits per heavy atom. The molecule has 1 aromatic heterocycles. The second-order valence-electron chi connectivity index (χ2n) is 10.9. The van der Waals surface area contributed by atoms with E-state index in [0.717, 1.165) is 41.8 Å². The van der Waals surface area contributed by atoms with Gasteiger partial charge in [-0.1, -0.05) is 51.8 Å². The molecule has 0 fully saturated rings. The standard InChI is InChI=1S/C34H38N4O3/c1-6-7-11-17-37-33(39)29(25(5)30(21-35)34(37)40)20-27-22-38(28-12-9-8-10-13-28)36-32(27)26-14-15-31(24(4)19-26)41-18-16-23(2)3/h8-10,12-15,19-20,22-23H,6-7,11,16-18H2,1-5H3/b29-20+. The van der Waals surface area contributed by atoms with Crippen LogP contribution in [0.15, 0.2) is 71.4 Å². The molecule has 7 nitrogen and oxygen atoms in total. The van der Waals surface area contributed by atoms with E-state index in [1.165, 1.54) is 4.90 Å². The first kappa shape index (κ1) is 29.5. The minimum atomic E-state index is -0.521. The number of amides is 2. The van der Waals surface area contributed by atoms with Gasteiger partial charge in [-0.15, -0.1) is 0 Å². The summed E-state index contributed by atoms with van der Waals surface area (Å²) in [6, 6.07) is 17.8. The van der Waals surface area contributed by atoms with E-state index in [1.807, 2.05) is 67.7 Å². The van der Waals surface area contributed by atoms with Crippen LogP contribution in [0.2, 0.25) is 0 Å². The highest BCUT2D eigenvalue weighted by atomic mass is 16.5. The number of aromatic nitrogens is 2. The summed E-state index contributed by atoms with van der Waals surface area (Å²) in [5.41, 5.74) is 4.86. The Labute approximate surface area is 242 Å². The lowest BCUT2D eigenvalue weighted by Gasteiger charge is -2.27. The van der Waals surface area contributed by atoms with Crippen LogP contribution in [0.4, 0.5) is 0 Å². The lowest BCUT2D eigenvalue weighted by molar-refractivity contribution is -0.140. The number of nitriles is 1. The zero-order chi connectivity index (χ0) is 29.5. The second kappa shape index (κ2) is 13.3. The molecule has 1 aliphatic rings. The first-order valence-electron chi connectivity index (χ1n) is 14.3. The van der Waals surface area contributed by atoms with Crippen LogP contribution in [-0.2, 0) is 9.59 Å². The summed E-state index contributed by atoms with van der Waals surface area (Å²) >= 11 is 0. The van der Waals surface area contributed by atoms with Crippen LogP contribution >= 0.6 is 0 Å². The number of rotatable bonds is 11. The minimum Gasteiger partial charge on any atom is -0.493 e. The number of nitrogens with zero attached hydrogens (tertiary/aromatic N) is 4. The molecule has 0 aliphatic carbocycles. The molecule has 41 heavy (non-hydrogen) atoms. The Morgan fingerprint density at radius 3 is 2.46 bits per heavy atom. The maximum atomic E-state index is 13.6. The molecule has 1 aliphatic heterocycles. The lowest BCUT2D eigenvalue weighted by atomic mass is 9.93. The van der Waals surface area contributed by atoms with Crippen LogP contribution in [0.25, 0.3) is 23.0 Å². The van der Waals surface area contributed by atoms with Gasteiger partial charge in [-0.25, -0.2) is 4.68 Å². The highest BCUT2D eigenvalue weighted by Crippen LogP contribution is 2.33. The molecule has 0 N–H and O–H groups in total. The van der Waals surface area contributed by atoms with E-state index < -0.39 is 5.91 Å². The Kier molecular flexibility index (Phi) is 9.57. The average Bonchev–Trinajstić information content (AvgIpc) is 3.38. The summed E-state index contributed by atoms with van der Waals surface area (Å²) in [5.74, 6) is 0.489. The van der Waals surface area contributed by atoms with Gasteiger partial charge in [0.1, 0.15) is 17.4 Å². The Balaban J connectivity index is 1.80. The SMILES string of the molecule is CCCCCN1C(=O)C(C#N)=C(C)/C(=C\c2cn(-c3ccccc3)nc2-c2ccc(OCCC(C)C)c(C)c2)C1=O. The Morgan fingerprint density at radius 2 is 1.80 bits per heavy atom. The van der Waals surface area contributed by atoms with Crippen LogP contribution in [0.3, 0.4) is 0 Å². The van der Waals surface area contributed by atoms with Crippen molar-refractivity contribution < 1.29 is 14.3 Å². The molecule has 0 saturated heterocycles. The molecule has 0 unspecified atom stereocenters. The third kappa shape index (κ3) is 6.66. The van der Waals surface area contributed by atoms with E-state index in [2.05, 4.69) is 20.8 Å². The first-order chi connectivity index (χ1) is 19.7. The Hall–Kier alpha value is -4.44. The van der Waals surface area contributed by atoms with E-state index in [0.29, 0.717) is 41.3 Å². The molecular formula is C34H38N4O3. The van der Waals surface area contributed by atoms with Crippen LogP contribution in [0.1, 0.15) is 64.5 Å². The van der Waals surface area contributed by atoms with Crippen LogP contribution < -0.4 is 4.74 Å². The van der Waals surface area contributed by atoms with Gasteiger partial charge in [0.05, 0.1) is 18.0 Å². The van der Waals surface area contributed by atoms with Gasteiger partial charge in [-0.3, -0.25) is 14.5 Å². The predicted octanol–water partition coefficient (Wildman–Crippen LogP) is 7.06. The summed E-state index contributed by atoms with van der Waals surface area (Å²) in [4.78, 5) is 27.8. The topological polar surface area (TPSA) is 88.2 Å². The van der Waals surface area contributed by atoms with Crippen LogP contribution in [0.5, 0.6) is 5.75 Å². The molecule has 0 radical (unpaired) electrons. The average molecular weight is 551 g/mol. The van der Waals surface area contributed by atoms with Crippen LogP contribution in [-0.4, -0.2) is 39.6 Å². The van der Waals surface area contributed by atoms with Crippen molar-refractivity contribution in [2.24, 2.45) is 5.92 Å². The second-order valence-corrected chi connectivity index (χ2v) is 10.9. The molecule has 2 amide bonds. The van der Waals surface area contributed by atoms with Crippen molar-refractivity contribution in [2.45, 2.75) is 60.3 Å². The summed E-state index contributed by atoms with van der Waals surface area (Å²) in [7, 11) is 0. The zero-order valence-corrected chi connectivity index (χ0v) is 24.6. The van der Waals surface area contributed by atoms with E-state index in [1.54, 1.807) is 17.7 Å². The fraction of sp³-hybridized carbons (Fsp3) is 0.353. The fourth-order valence-corrected chi connectivity index (χ4v) is 4.80. The smallest absolute Gasteiger partial charge is 0.271 e. The summed E-state index contributed by atoms with van der Waals surface area (Å²) < 4.78 is 7.81. The lowest BCUT2D eigenvalue weighted by Crippen LogP contribution is -2.43. The number of carbonyl (C=O) groups excluding carboxylic acids is 2. The zero-order valence-electron chi connectivity index (χ0n) is 24.6. The molecule has 0 spiro atoms. The van der Waals surface area contributed by atoms with Crippen molar-refractivity contribution in [1.82, 2.24) is 14.7 Å². The number of ether oxygens (including phenoxy) is 1. The number of benzene rings is 2. The number of hydrogen-bond acceptors (Lipinski definition) is 5. The first-order valence-corrected chi connectivity index (χ1v) is 14.3. The van der Waals surface area contributed by atoms with Crippen LogP contribution in [0, 0.1) is 24.2 Å². The van der Waals surface area contributed by atoms with Crippen molar-refractivity contribution in [2.75, 3.05) is 13.2 Å². The maximum Gasteiger partial charge on any atom is 0.271 e. The van der Waals surface area contributed by atoms with Crippen molar-refractivity contribution in [3.8, 4) is 28.8 Å². The molecule has 0 bridgehead atoms. The molecule has 7 heteroatoms. The maximum absolute atomic E-state index is 13.6. The largest absolute Gasteiger partial charge is 0.493 e. The summed E-state index contributed by atoms with van der Waals surface area (Å²) in [6.45, 7) is 11.0. The predicted molar refractivity (Wildman–Crippen MR) is 161 cm³/mol. The van der Waals surface area contributed by atoms with Crippen molar-refractivity contribution in [3.63, 3.8) is 0 Å². The number of carbonyl (C=O) groups is 2. The highest BCUT2D eigenvalue weighted by Gasteiger charge is 2.35. The normalized spacial score (nSPS) is 14.8. The van der Waals surface area contributed by atoms with Crippen molar-refractivity contribution in [1.29, 1.82) is 5.26 Å². The molecule has 212 valence electrons. The minimum absolute atomic E-state index is 0.00286. The van der Waals surface area contributed by atoms with Gasteiger partial charge in [-0.05, 0) is 80.2 Å². The number of hydrogen-bond donors (Lipinski definition) is 0. The monoisotopic (exact) mass is 550 g/mol. The van der Waals surface area contributed by atoms with E-state index in [9.17, 15) is 14.9 Å². The number of aryl methyl sites for hydroxylation is 1. The van der Waals surface area contributed by atoms with E-state index in [-0.39, 0.29) is 18.0 Å². The van der Waals surface area contributed by atoms with Gasteiger partial charge in [0.15, 0.2) is 0 Å². The van der Waals surface area contributed by atoms with Gasteiger partial charge in [-0.2, -0.15) is 10.4 Å². The van der Waals surface area contributed by atoms with Gasteiger partial charge in [0.2, 0.25) is 0 Å². The van der Waals surface area contributed by atoms with Gasteiger partial charge < -0.3 is 4.74 Å². The molecular weight excluding hydrogens is 512 g/mol. The molecule has 3 aromatic rings. The molecule has 4 rings (SSSR count). The number of unbranched alkanes of at least 4 members (excludes halogenated alkanes) is 2. The third-order valence-corrected chi connectivity index (χ3v) is 7.27. The highest BCUT2D eigenvalue weighted by molar-refractivity contribution is 6.19. The summed E-state index contributed by atoms with van der Waals surface area (Å²) in [6.07, 6.45) is 7.17. The van der Waals surface area contributed by atoms with E-state index in [4.69, 9.17) is 9.84 Å². The number of imide groups is 1. The fourth-order valence-electron chi connectivity index (χ4n) is 4.80. The van der Waals surface area contributed by atoms with Crippen molar-refractivity contribution >= 4 is 17.9 Å². The number of para-hydroxylation sites is 1. The Bertz CT molecular complexity index is 1520. The van der Waals surface area contributed by atoms with Gasteiger partial charge in [0.25, 0.3) is 11.8 Å². The third-order valence-electron chi connectivity index (χ3n) is 7.27.